The van der Waals surface area contributed by atoms with Crippen molar-refractivity contribution in [1.29, 1.82) is 0 Å². The Kier molecular flexibility index (Phi) is 7.96. The van der Waals surface area contributed by atoms with Crippen molar-refractivity contribution in [3.8, 4) is 5.75 Å². The van der Waals surface area contributed by atoms with Crippen LogP contribution < -0.4 is 4.74 Å². The molecule has 22 heavy (non-hydrogen) atoms. The van der Waals surface area contributed by atoms with Crippen LogP contribution >= 0.6 is 0 Å². The fourth-order valence-electron chi connectivity index (χ4n) is 2.19. The first kappa shape index (κ1) is 18.5. The number of aliphatic hydroxyl groups is 1. The topological polar surface area (TPSA) is 55.8 Å². The zero-order valence-electron chi connectivity index (χ0n) is 14.0. The Balaban J connectivity index is 2.35. The summed E-state index contributed by atoms with van der Waals surface area (Å²) < 4.78 is 10.7. The molecule has 0 radical (unpaired) electrons. The van der Waals surface area contributed by atoms with E-state index >= 15 is 0 Å². The molecule has 0 fully saturated rings. The van der Waals surface area contributed by atoms with Gasteiger partial charge in [0.15, 0.2) is 0 Å². The van der Waals surface area contributed by atoms with Crippen LogP contribution in [-0.4, -0.2) is 30.4 Å². The second kappa shape index (κ2) is 9.46. The van der Waals surface area contributed by atoms with E-state index in [-0.39, 0.29) is 31.0 Å². The third-order valence-corrected chi connectivity index (χ3v) is 3.44. The fourth-order valence-corrected chi connectivity index (χ4v) is 2.19. The van der Waals surface area contributed by atoms with Gasteiger partial charge >= 0.3 is 5.97 Å². The van der Waals surface area contributed by atoms with Crippen LogP contribution in [0, 0.1) is 17.8 Å². The van der Waals surface area contributed by atoms with E-state index in [1.807, 2.05) is 44.2 Å². The van der Waals surface area contributed by atoms with Crippen LogP contribution in [0.25, 0.3) is 0 Å². The average molecular weight is 308 g/mol. The molecule has 0 bridgehead atoms. The third-order valence-electron chi connectivity index (χ3n) is 3.44. The first-order valence-corrected chi connectivity index (χ1v) is 7.92. The van der Waals surface area contributed by atoms with Crippen LogP contribution in [0.4, 0.5) is 0 Å². The molecule has 0 heterocycles. The van der Waals surface area contributed by atoms with Gasteiger partial charge in [-0.05, 0) is 30.4 Å². The third kappa shape index (κ3) is 6.94. The summed E-state index contributed by atoms with van der Waals surface area (Å²) in [6, 6.07) is 9.25. The van der Waals surface area contributed by atoms with Gasteiger partial charge in [-0.2, -0.15) is 0 Å². The van der Waals surface area contributed by atoms with E-state index in [4.69, 9.17) is 9.47 Å². The molecule has 0 aromatic heterocycles. The molecule has 1 N–H and O–H groups in total. The second-order valence-corrected chi connectivity index (χ2v) is 6.39. The van der Waals surface area contributed by atoms with E-state index in [1.165, 1.54) is 0 Å². The fraction of sp³-hybridized carbons (Fsp3) is 0.611. The quantitative estimate of drug-likeness (QED) is 0.711. The highest BCUT2D eigenvalue weighted by atomic mass is 16.5. The Hall–Kier alpha value is -1.55. The van der Waals surface area contributed by atoms with Crippen LogP contribution in [0.3, 0.4) is 0 Å². The maximum absolute atomic E-state index is 12.1. The molecular formula is C18H28O4. The van der Waals surface area contributed by atoms with Gasteiger partial charge in [0.2, 0.25) is 0 Å². The molecule has 0 saturated heterocycles. The van der Waals surface area contributed by atoms with Crippen molar-refractivity contribution in [3.63, 3.8) is 0 Å². The molecule has 1 aromatic rings. The van der Waals surface area contributed by atoms with E-state index in [9.17, 15) is 9.90 Å². The highest BCUT2D eigenvalue weighted by Crippen LogP contribution is 2.21. The number of carbonyl (C=O) groups excluding carboxylic acids is 1. The van der Waals surface area contributed by atoms with Gasteiger partial charge in [0.1, 0.15) is 25.1 Å². The van der Waals surface area contributed by atoms with Crippen LogP contribution in [0.5, 0.6) is 5.75 Å². The highest BCUT2D eigenvalue weighted by Gasteiger charge is 2.25. The predicted octanol–water partition coefficient (Wildman–Crippen LogP) is 3.29. The summed E-state index contributed by atoms with van der Waals surface area (Å²) >= 11 is 0. The number of benzene rings is 1. The second-order valence-electron chi connectivity index (χ2n) is 6.39. The van der Waals surface area contributed by atoms with Gasteiger partial charge in [0.05, 0.1) is 5.92 Å². The van der Waals surface area contributed by atoms with Gasteiger partial charge in [-0.25, -0.2) is 0 Å². The molecule has 2 atom stereocenters. The van der Waals surface area contributed by atoms with Crippen LogP contribution in [0.1, 0.15) is 34.1 Å². The van der Waals surface area contributed by atoms with Crippen LogP contribution in [0.2, 0.25) is 0 Å². The van der Waals surface area contributed by atoms with Crippen molar-refractivity contribution >= 4 is 5.97 Å². The van der Waals surface area contributed by atoms with Gasteiger partial charge in [-0.15, -0.1) is 0 Å². The van der Waals surface area contributed by atoms with E-state index in [1.54, 1.807) is 0 Å². The summed E-state index contributed by atoms with van der Waals surface area (Å²) in [6.45, 7) is 8.28. The SMILES string of the molecule is CC(C)CC(C(=O)OCC(O)COc1ccccc1)C(C)C. The maximum atomic E-state index is 12.1. The molecule has 0 aliphatic carbocycles. The summed E-state index contributed by atoms with van der Waals surface area (Å²) in [7, 11) is 0. The molecule has 0 aliphatic heterocycles. The molecule has 0 aliphatic rings. The van der Waals surface area contributed by atoms with Gasteiger partial charge in [0, 0.05) is 0 Å². The molecule has 4 nitrogen and oxygen atoms in total. The van der Waals surface area contributed by atoms with E-state index < -0.39 is 6.10 Å². The lowest BCUT2D eigenvalue weighted by atomic mass is 9.88. The molecule has 1 rings (SSSR count). The minimum absolute atomic E-state index is 0.0347. The van der Waals surface area contributed by atoms with Crippen LogP contribution in [-0.2, 0) is 9.53 Å². The number of rotatable bonds is 9. The summed E-state index contributed by atoms with van der Waals surface area (Å²) in [6.07, 6.45) is -0.0244. The number of esters is 1. The van der Waals surface area contributed by atoms with Gasteiger partial charge < -0.3 is 14.6 Å². The van der Waals surface area contributed by atoms with E-state index in [0.29, 0.717) is 11.7 Å². The molecule has 0 saturated carbocycles. The Morgan fingerprint density at radius 1 is 1.09 bits per heavy atom. The van der Waals surface area contributed by atoms with E-state index in [0.717, 1.165) is 6.42 Å². The number of carbonyl (C=O) groups is 1. The number of hydrogen-bond acceptors (Lipinski definition) is 4. The Morgan fingerprint density at radius 2 is 1.73 bits per heavy atom. The smallest absolute Gasteiger partial charge is 0.309 e. The minimum Gasteiger partial charge on any atom is -0.491 e. The Morgan fingerprint density at radius 3 is 2.27 bits per heavy atom. The molecule has 124 valence electrons. The minimum atomic E-state index is -0.823. The number of aliphatic hydroxyl groups excluding tert-OH is 1. The zero-order chi connectivity index (χ0) is 16.5. The molecular weight excluding hydrogens is 280 g/mol. The summed E-state index contributed by atoms with van der Waals surface area (Å²) in [5.74, 6) is 0.997. The summed E-state index contributed by atoms with van der Waals surface area (Å²) in [5, 5.41) is 9.86. The van der Waals surface area contributed by atoms with Crippen molar-refractivity contribution in [2.45, 2.75) is 40.2 Å². The lowest BCUT2D eigenvalue weighted by Gasteiger charge is -2.22. The maximum Gasteiger partial charge on any atom is 0.309 e. The van der Waals surface area contributed by atoms with Crippen molar-refractivity contribution in [2.75, 3.05) is 13.2 Å². The average Bonchev–Trinajstić information content (AvgIpc) is 2.48. The van der Waals surface area contributed by atoms with E-state index in [2.05, 4.69) is 13.8 Å². The van der Waals surface area contributed by atoms with Crippen molar-refractivity contribution in [2.24, 2.45) is 17.8 Å². The van der Waals surface area contributed by atoms with Gasteiger partial charge in [-0.1, -0.05) is 45.9 Å². The zero-order valence-corrected chi connectivity index (χ0v) is 14.0. The Bertz CT molecular complexity index is 428. The van der Waals surface area contributed by atoms with Gasteiger partial charge in [-0.3, -0.25) is 4.79 Å². The number of ether oxygens (including phenoxy) is 2. The lowest BCUT2D eigenvalue weighted by Crippen LogP contribution is -2.30. The van der Waals surface area contributed by atoms with Crippen molar-refractivity contribution in [1.82, 2.24) is 0 Å². The lowest BCUT2D eigenvalue weighted by molar-refractivity contribution is -0.154. The first-order chi connectivity index (χ1) is 10.4. The molecule has 1 aromatic carbocycles. The van der Waals surface area contributed by atoms with Crippen molar-refractivity contribution < 1.29 is 19.4 Å². The molecule has 4 heteroatoms. The monoisotopic (exact) mass is 308 g/mol. The number of para-hydroxylation sites is 1. The first-order valence-electron chi connectivity index (χ1n) is 7.92. The molecule has 2 unspecified atom stereocenters. The Labute approximate surface area is 133 Å². The predicted molar refractivity (Wildman–Crippen MR) is 86.7 cm³/mol. The molecule has 0 spiro atoms. The standard InChI is InChI=1S/C18H28O4/c1-13(2)10-17(14(3)4)18(20)22-12-15(19)11-21-16-8-6-5-7-9-16/h5-9,13-15,17,19H,10-12H2,1-4H3. The summed E-state index contributed by atoms with van der Waals surface area (Å²) in [4.78, 5) is 12.1. The highest BCUT2D eigenvalue weighted by molar-refractivity contribution is 5.72. The van der Waals surface area contributed by atoms with Gasteiger partial charge in [0.25, 0.3) is 0 Å². The van der Waals surface area contributed by atoms with Crippen molar-refractivity contribution in [3.05, 3.63) is 30.3 Å². The largest absolute Gasteiger partial charge is 0.491 e. The number of hydrogen-bond donors (Lipinski definition) is 1. The van der Waals surface area contributed by atoms with Crippen LogP contribution in [0.15, 0.2) is 30.3 Å². The normalized spacial score (nSPS) is 14.0. The summed E-state index contributed by atoms with van der Waals surface area (Å²) in [5.41, 5.74) is 0. The molecule has 0 amide bonds.